The fourth-order valence-corrected chi connectivity index (χ4v) is 9.22. The third-order valence-corrected chi connectivity index (χ3v) is 10.9. The summed E-state index contributed by atoms with van der Waals surface area (Å²) in [6, 6.07) is -0.909. The van der Waals surface area contributed by atoms with Crippen LogP contribution in [-0.2, 0) is 28.3 Å². The number of thioether (sulfide) groups is 1. The molecule has 0 aromatic heterocycles. The molecule has 0 N–H and O–H groups in total. The topological polar surface area (TPSA) is 109 Å². The molecule has 11 nitrogen and oxygen atoms in total. The van der Waals surface area contributed by atoms with Crippen LogP contribution < -0.4 is 0 Å². The van der Waals surface area contributed by atoms with Crippen molar-refractivity contribution in [2.75, 3.05) is 53.0 Å². The van der Waals surface area contributed by atoms with Crippen LogP contribution in [0.2, 0.25) is 19.6 Å². The van der Waals surface area contributed by atoms with Crippen molar-refractivity contribution < 1.29 is 33.1 Å². The lowest BCUT2D eigenvalue weighted by atomic mass is 9.79. The highest BCUT2D eigenvalue weighted by Gasteiger charge is 2.61. The Bertz CT molecular complexity index is 1170. The van der Waals surface area contributed by atoms with Gasteiger partial charge in [-0.2, -0.15) is 0 Å². The zero-order valence-electron chi connectivity index (χ0n) is 26.2. The minimum Gasteiger partial charge on any atom is -0.457 e. The molecule has 4 rings (SSSR count). The first kappa shape index (κ1) is 33.3. The summed E-state index contributed by atoms with van der Waals surface area (Å²) in [7, 11) is 0.106. The molecule has 3 saturated heterocycles. The van der Waals surface area contributed by atoms with Crippen molar-refractivity contribution in [3.8, 4) is 0 Å². The van der Waals surface area contributed by atoms with E-state index >= 15 is 0 Å². The summed E-state index contributed by atoms with van der Waals surface area (Å²) in [5.41, 5.74) is 0.250. The van der Waals surface area contributed by atoms with Gasteiger partial charge in [0.15, 0.2) is 8.32 Å². The summed E-state index contributed by atoms with van der Waals surface area (Å²) >= 11 is 1.46. The molecule has 0 aromatic rings. The summed E-state index contributed by atoms with van der Waals surface area (Å²) in [5, 5.41) is -0.194. The van der Waals surface area contributed by atoms with Crippen LogP contribution in [0.25, 0.3) is 0 Å². The molecule has 0 radical (unpaired) electrons. The van der Waals surface area contributed by atoms with Gasteiger partial charge in [0.25, 0.3) is 0 Å². The zero-order valence-corrected chi connectivity index (χ0v) is 28.1. The number of hydrogen-bond acceptors (Lipinski definition) is 9. The summed E-state index contributed by atoms with van der Waals surface area (Å²) in [6.45, 7) is 20.5. The number of piperazine rings is 1. The molecule has 0 spiro atoms. The van der Waals surface area contributed by atoms with E-state index in [1.807, 2.05) is 25.8 Å². The number of likely N-dealkylation sites (tertiary alicyclic amines) is 1. The highest BCUT2D eigenvalue weighted by Crippen LogP contribution is 2.53. The predicted molar refractivity (Wildman–Crippen MR) is 167 cm³/mol. The van der Waals surface area contributed by atoms with Gasteiger partial charge in [0.05, 0.1) is 18.1 Å². The minimum absolute atomic E-state index is 0.0217. The van der Waals surface area contributed by atoms with E-state index in [-0.39, 0.29) is 66.5 Å². The van der Waals surface area contributed by atoms with Crippen LogP contribution in [0.1, 0.15) is 20.3 Å². The smallest absolute Gasteiger partial charge is 0.410 e. The number of likely N-dealkylation sites (N-methyl/N-ethyl adjacent to an activating group) is 1. The third-order valence-electron chi connectivity index (χ3n) is 8.38. The summed E-state index contributed by atoms with van der Waals surface area (Å²) in [4.78, 5) is 61.5. The van der Waals surface area contributed by atoms with Gasteiger partial charge in [-0.05, 0) is 40.0 Å². The second-order valence-electron chi connectivity index (χ2n) is 12.7. The molecule has 6 atom stereocenters. The SMILES string of the molecule is C=CCOC(=O)C1=C(S[C@H]2C[C@@H](C(=O)N3CCN(C)CC3)N(C(=O)OCC=C)C2)[C@H](C)[C@@H]2[C@@H]([C@@H](C)O[Si](C)(C)C)C(=O)N12. The fraction of sp³-hybridized carbons (Fsp3) is 0.667. The lowest BCUT2D eigenvalue weighted by Gasteiger charge is -2.48. The maximum absolute atomic E-state index is 13.7. The van der Waals surface area contributed by atoms with Crippen molar-refractivity contribution in [2.45, 2.75) is 63.3 Å². The molecule has 4 aliphatic heterocycles. The molecule has 238 valence electrons. The number of carbonyl (C=O) groups excluding carboxylic acids is 4. The van der Waals surface area contributed by atoms with Crippen LogP contribution in [-0.4, -0.2) is 128 Å². The number of β-lactam (4-membered cyclic amide) rings is 1. The van der Waals surface area contributed by atoms with E-state index in [9.17, 15) is 19.2 Å². The number of carbonyl (C=O) groups is 4. The highest BCUT2D eigenvalue weighted by molar-refractivity contribution is 8.03. The molecule has 0 saturated carbocycles. The molecule has 0 aromatic carbocycles. The van der Waals surface area contributed by atoms with Gasteiger partial charge in [-0.1, -0.05) is 32.2 Å². The van der Waals surface area contributed by atoms with Gasteiger partial charge in [0.2, 0.25) is 11.8 Å². The Labute approximate surface area is 260 Å². The van der Waals surface area contributed by atoms with Crippen molar-refractivity contribution in [2.24, 2.45) is 11.8 Å². The molecule has 43 heavy (non-hydrogen) atoms. The van der Waals surface area contributed by atoms with Gasteiger partial charge in [0.1, 0.15) is 25.0 Å². The summed E-state index contributed by atoms with van der Waals surface area (Å²) in [5.74, 6) is -1.34. The molecule has 4 aliphatic rings. The Hall–Kier alpha value is -2.61. The van der Waals surface area contributed by atoms with E-state index in [1.165, 1.54) is 28.8 Å². The Kier molecular flexibility index (Phi) is 10.5. The highest BCUT2D eigenvalue weighted by atomic mass is 32.2. The molecule has 3 amide bonds. The van der Waals surface area contributed by atoms with Crippen molar-refractivity contribution in [3.63, 3.8) is 0 Å². The van der Waals surface area contributed by atoms with Gasteiger partial charge >= 0.3 is 12.1 Å². The summed E-state index contributed by atoms with van der Waals surface area (Å²) in [6.07, 6.45) is 2.54. The van der Waals surface area contributed by atoms with Crippen molar-refractivity contribution in [1.29, 1.82) is 0 Å². The van der Waals surface area contributed by atoms with E-state index in [1.54, 1.807) is 4.90 Å². The number of nitrogens with zero attached hydrogens (tertiary/aromatic N) is 4. The first-order valence-corrected chi connectivity index (χ1v) is 19.3. The molecule has 0 aliphatic carbocycles. The Balaban J connectivity index is 1.59. The lowest BCUT2D eigenvalue weighted by Crippen LogP contribution is -2.64. The van der Waals surface area contributed by atoms with E-state index < -0.39 is 26.4 Å². The maximum atomic E-state index is 13.7. The van der Waals surface area contributed by atoms with E-state index in [4.69, 9.17) is 13.9 Å². The van der Waals surface area contributed by atoms with Crippen molar-refractivity contribution in [1.82, 2.24) is 19.6 Å². The van der Waals surface area contributed by atoms with Gasteiger partial charge in [0, 0.05) is 48.8 Å². The van der Waals surface area contributed by atoms with Crippen LogP contribution >= 0.6 is 11.8 Å². The number of esters is 1. The Morgan fingerprint density at radius 1 is 1.07 bits per heavy atom. The predicted octanol–water partition coefficient (Wildman–Crippen LogP) is 2.92. The van der Waals surface area contributed by atoms with Crippen LogP contribution in [0, 0.1) is 11.8 Å². The largest absolute Gasteiger partial charge is 0.457 e. The number of rotatable bonds is 11. The third kappa shape index (κ3) is 7.05. The average Bonchev–Trinajstić information content (AvgIpc) is 3.47. The number of amides is 3. The normalized spacial score (nSPS) is 28.4. The van der Waals surface area contributed by atoms with E-state index in [0.29, 0.717) is 19.5 Å². The monoisotopic (exact) mass is 634 g/mol. The van der Waals surface area contributed by atoms with Crippen LogP contribution in [0.4, 0.5) is 4.79 Å². The van der Waals surface area contributed by atoms with Crippen LogP contribution in [0.3, 0.4) is 0 Å². The molecular formula is C30H46N4O7SSi. The van der Waals surface area contributed by atoms with Gasteiger partial charge in [-0.15, -0.1) is 11.8 Å². The lowest BCUT2D eigenvalue weighted by molar-refractivity contribution is -0.163. The second kappa shape index (κ2) is 13.6. The van der Waals surface area contributed by atoms with E-state index in [2.05, 4.69) is 37.7 Å². The van der Waals surface area contributed by atoms with Crippen molar-refractivity contribution in [3.05, 3.63) is 35.9 Å². The molecular weight excluding hydrogens is 589 g/mol. The molecule has 0 unspecified atom stereocenters. The zero-order chi connectivity index (χ0) is 31.6. The Morgan fingerprint density at radius 2 is 1.70 bits per heavy atom. The number of fused-ring (bicyclic) bond motifs is 1. The van der Waals surface area contributed by atoms with Crippen molar-refractivity contribution >= 4 is 44.0 Å². The minimum atomic E-state index is -1.92. The first-order valence-electron chi connectivity index (χ1n) is 15.0. The van der Waals surface area contributed by atoms with Crippen LogP contribution in [0.15, 0.2) is 35.9 Å². The van der Waals surface area contributed by atoms with Gasteiger partial charge in [-0.3, -0.25) is 14.5 Å². The summed E-state index contributed by atoms with van der Waals surface area (Å²) < 4.78 is 17.1. The standard InChI is InChI=1S/C30H46N4O7SSi/c1-9-15-39-29(37)25-26(19(3)24-23(28(36)34(24)25)20(4)41-43(6,7)8)42-21-17-22(33(18-21)30(38)40-16-10-2)27(35)32-13-11-31(5)12-14-32/h9-10,19-24H,1-2,11-18H2,3-8H3/t19-,20-,21+,22+,23-,24-/m1/s1. The maximum Gasteiger partial charge on any atom is 0.410 e. The quantitative estimate of drug-likeness (QED) is 0.147. The molecule has 0 bridgehead atoms. The average molecular weight is 635 g/mol. The number of hydrogen-bond donors (Lipinski definition) is 0. The second-order valence-corrected chi connectivity index (χ2v) is 18.5. The molecule has 13 heteroatoms. The first-order chi connectivity index (χ1) is 20.3. The van der Waals surface area contributed by atoms with Gasteiger partial charge in [-0.25, -0.2) is 9.59 Å². The van der Waals surface area contributed by atoms with Crippen LogP contribution in [0.5, 0.6) is 0 Å². The van der Waals surface area contributed by atoms with E-state index in [0.717, 1.165) is 18.0 Å². The molecule has 3 fully saturated rings. The Morgan fingerprint density at radius 3 is 2.30 bits per heavy atom. The fourth-order valence-electron chi connectivity index (χ4n) is 6.44. The van der Waals surface area contributed by atoms with Gasteiger partial charge < -0.3 is 28.6 Å². The molecule has 4 heterocycles. The number of ether oxygens (including phenoxy) is 2.